The second-order valence-corrected chi connectivity index (χ2v) is 4.91. The summed E-state index contributed by atoms with van der Waals surface area (Å²) in [6, 6.07) is 8.10. The predicted molar refractivity (Wildman–Crippen MR) is 67.2 cm³/mol. The van der Waals surface area contributed by atoms with Crippen LogP contribution in [0.5, 0.6) is 5.75 Å². The fourth-order valence-corrected chi connectivity index (χ4v) is 2.18. The Balaban J connectivity index is 2.06. The van der Waals surface area contributed by atoms with Gasteiger partial charge in [-0.25, -0.2) is 0 Å². The van der Waals surface area contributed by atoms with Gasteiger partial charge >= 0.3 is 0 Å². The molecule has 1 amide bonds. The van der Waals surface area contributed by atoms with Gasteiger partial charge in [0.2, 0.25) is 5.91 Å². The minimum Gasteiger partial charge on any atom is -0.491 e. The number of carbonyl (C=O) groups is 1. The Hall–Kier alpha value is -1.51. The van der Waals surface area contributed by atoms with Crippen LogP contribution in [0, 0.1) is 0 Å². The first-order chi connectivity index (χ1) is 8.06. The monoisotopic (exact) mass is 233 g/mol. The smallest absolute Gasteiger partial charge is 0.223 e. The molecule has 0 radical (unpaired) electrons. The Morgan fingerprint density at radius 1 is 1.29 bits per heavy atom. The summed E-state index contributed by atoms with van der Waals surface area (Å²) in [5.74, 6) is 1.46. The van der Waals surface area contributed by atoms with E-state index in [1.165, 1.54) is 5.56 Å². The van der Waals surface area contributed by atoms with Gasteiger partial charge in [-0.15, -0.1) is 0 Å². The van der Waals surface area contributed by atoms with E-state index >= 15 is 0 Å². The van der Waals surface area contributed by atoms with Crippen molar-refractivity contribution in [1.82, 2.24) is 4.90 Å². The third-order valence-electron chi connectivity index (χ3n) is 3.06. The molecular formula is C14H19NO2. The largest absolute Gasteiger partial charge is 0.491 e. The molecular weight excluding hydrogens is 214 g/mol. The van der Waals surface area contributed by atoms with E-state index in [0.29, 0.717) is 12.3 Å². The van der Waals surface area contributed by atoms with Crippen LogP contribution in [0.1, 0.15) is 31.7 Å². The van der Waals surface area contributed by atoms with Gasteiger partial charge in [0.15, 0.2) is 0 Å². The van der Waals surface area contributed by atoms with E-state index in [4.69, 9.17) is 4.74 Å². The molecule has 0 unspecified atom stereocenters. The molecule has 3 nitrogen and oxygen atoms in total. The highest BCUT2D eigenvalue weighted by atomic mass is 16.5. The summed E-state index contributed by atoms with van der Waals surface area (Å²) < 4.78 is 5.60. The summed E-state index contributed by atoms with van der Waals surface area (Å²) >= 11 is 0. The Morgan fingerprint density at radius 3 is 2.41 bits per heavy atom. The maximum absolute atomic E-state index is 11.5. The van der Waals surface area contributed by atoms with Crippen molar-refractivity contribution in [2.24, 2.45) is 0 Å². The van der Waals surface area contributed by atoms with Crippen molar-refractivity contribution in [3.05, 3.63) is 29.8 Å². The quantitative estimate of drug-likeness (QED) is 0.802. The molecule has 0 N–H and O–H groups in total. The number of rotatable bonds is 3. The number of likely N-dealkylation sites (tertiary alicyclic amines) is 1. The van der Waals surface area contributed by atoms with Crippen LogP contribution in [-0.2, 0) is 4.79 Å². The van der Waals surface area contributed by atoms with Crippen molar-refractivity contribution < 1.29 is 9.53 Å². The molecule has 0 saturated carbocycles. The summed E-state index contributed by atoms with van der Waals surface area (Å²) in [5, 5.41) is 0. The van der Waals surface area contributed by atoms with Crippen LogP contribution in [0.25, 0.3) is 0 Å². The maximum atomic E-state index is 11.5. The summed E-state index contributed by atoms with van der Waals surface area (Å²) in [6.45, 7) is 4.85. The number of carbonyl (C=O) groups excluding carboxylic acids is 1. The van der Waals surface area contributed by atoms with Crippen molar-refractivity contribution in [2.45, 2.75) is 32.3 Å². The summed E-state index contributed by atoms with van der Waals surface area (Å²) in [7, 11) is 1.86. The van der Waals surface area contributed by atoms with Crippen LogP contribution in [0.4, 0.5) is 0 Å². The second kappa shape index (κ2) is 4.78. The number of likely N-dealkylation sites (N-methyl/N-ethyl adjacent to an activating group) is 1. The first kappa shape index (κ1) is 12.0. The summed E-state index contributed by atoms with van der Waals surface area (Å²) in [5.41, 5.74) is 1.22. The number of ether oxygens (including phenoxy) is 1. The van der Waals surface area contributed by atoms with Crippen molar-refractivity contribution in [1.29, 1.82) is 0 Å². The highest BCUT2D eigenvalue weighted by Gasteiger charge is 2.27. The molecule has 92 valence electrons. The summed E-state index contributed by atoms with van der Waals surface area (Å²) in [4.78, 5) is 13.3. The molecule has 1 atom stereocenters. The lowest BCUT2D eigenvalue weighted by Gasteiger charge is -2.13. The third kappa shape index (κ3) is 2.78. The maximum Gasteiger partial charge on any atom is 0.223 e. The zero-order valence-corrected chi connectivity index (χ0v) is 10.6. The van der Waals surface area contributed by atoms with Gasteiger partial charge in [-0.1, -0.05) is 12.1 Å². The minimum atomic E-state index is 0.194. The van der Waals surface area contributed by atoms with Crippen LogP contribution < -0.4 is 4.74 Å². The standard InChI is InChI=1S/C14H19NO2/c1-10(2)17-13-6-4-11(5-7-13)12-8-14(16)15(3)9-12/h4-7,10,12H,8-9H2,1-3H3/t12-/m1/s1. The van der Waals surface area contributed by atoms with Crippen LogP contribution in [0.15, 0.2) is 24.3 Å². The molecule has 1 aliphatic heterocycles. The third-order valence-corrected chi connectivity index (χ3v) is 3.06. The van der Waals surface area contributed by atoms with E-state index in [9.17, 15) is 4.79 Å². The van der Waals surface area contributed by atoms with E-state index < -0.39 is 0 Å². The van der Waals surface area contributed by atoms with Gasteiger partial charge in [-0.3, -0.25) is 4.79 Å². The van der Waals surface area contributed by atoms with Crippen LogP contribution >= 0.6 is 0 Å². The van der Waals surface area contributed by atoms with E-state index in [1.54, 1.807) is 4.90 Å². The predicted octanol–water partition coefficient (Wildman–Crippen LogP) is 2.42. The van der Waals surface area contributed by atoms with Gasteiger partial charge in [-0.05, 0) is 31.5 Å². The zero-order chi connectivity index (χ0) is 12.4. The molecule has 0 spiro atoms. The first-order valence-corrected chi connectivity index (χ1v) is 6.07. The molecule has 1 aliphatic rings. The molecule has 3 heteroatoms. The molecule has 1 heterocycles. The summed E-state index contributed by atoms with van der Waals surface area (Å²) in [6.07, 6.45) is 0.820. The van der Waals surface area contributed by atoms with Crippen LogP contribution in [0.2, 0.25) is 0 Å². The van der Waals surface area contributed by atoms with E-state index in [0.717, 1.165) is 12.3 Å². The molecule has 0 aromatic heterocycles. The zero-order valence-electron chi connectivity index (χ0n) is 10.6. The van der Waals surface area contributed by atoms with Gasteiger partial charge < -0.3 is 9.64 Å². The highest BCUT2D eigenvalue weighted by Crippen LogP contribution is 2.28. The van der Waals surface area contributed by atoms with E-state index in [-0.39, 0.29) is 12.0 Å². The number of nitrogens with zero attached hydrogens (tertiary/aromatic N) is 1. The van der Waals surface area contributed by atoms with Crippen molar-refractivity contribution in [2.75, 3.05) is 13.6 Å². The van der Waals surface area contributed by atoms with Crippen LogP contribution in [0.3, 0.4) is 0 Å². The van der Waals surface area contributed by atoms with E-state index in [2.05, 4.69) is 12.1 Å². The normalized spacial score (nSPS) is 20.1. The highest BCUT2D eigenvalue weighted by molar-refractivity contribution is 5.79. The molecule has 1 aromatic rings. The Morgan fingerprint density at radius 2 is 1.94 bits per heavy atom. The first-order valence-electron chi connectivity index (χ1n) is 6.07. The number of benzene rings is 1. The van der Waals surface area contributed by atoms with Gasteiger partial charge in [0.25, 0.3) is 0 Å². The Kier molecular flexibility index (Phi) is 3.36. The van der Waals surface area contributed by atoms with Crippen molar-refractivity contribution >= 4 is 5.91 Å². The number of hydrogen-bond donors (Lipinski definition) is 0. The van der Waals surface area contributed by atoms with Gasteiger partial charge in [-0.2, -0.15) is 0 Å². The van der Waals surface area contributed by atoms with E-state index in [1.807, 2.05) is 33.0 Å². The van der Waals surface area contributed by atoms with Crippen molar-refractivity contribution in [3.63, 3.8) is 0 Å². The lowest BCUT2D eigenvalue weighted by atomic mass is 9.98. The average Bonchev–Trinajstić information content (AvgIpc) is 2.59. The Labute approximate surface area is 102 Å². The average molecular weight is 233 g/mol. The molecule has 2 rings (SSSR count). The fraction of sp³-hybridized carbons (Fsp3) is 0.500. The minimum absolute atomic E-state index is 0.194. The molecule has 0 aliphatic carbocycles. The number of hydrogen-bond acceptors (Lipinski definition) is 2. The fourth-order valence-electron chi connectivity index (χ4n) is 2.18. The Bertz CT molecular complexity index is 397. The topological polar surface area (TPSA) is 29.5 Å². The van der Waals surface area contributed by atoms with Crippen LogP contribution in [-0.4, -0.2) is 30.5 Å². The number of amides is 1. The SMILES string of the molecule is CC(C)Oc1ccc([C@@H]2CC(=O)N(C)C2)cc1. The molecule has 17 heavy (non-hydrogen) atoms. The van der Waals surface area contributed by atoms with Gasteiger partial charge in [0.1, 0.15) is 5.75 Å². The lowest BCUT2D eigenvalue weighted by Crippen LogP contribution is -2.18. The molecule has 1 fully saturated rings. The molecule has 0 bridgehead atoms. The van der Waals surface area contributed by atoms with Crippen molar-refractivity contribution in [3.8, 4) is 5.75 Å². The van der Waals surface area contributed by atoms with Gasteiger partial charge in [0.05, 0.1) is 6.10 Å². The second-order valence-electron chi connectivity index (χ2n) is 4.91. The molecule has 1 aromatic carbocycles. The van der Waals surface area contributed by atoms with Gasteiger partial charge in [0, 0.05) is 25.9 Å². The lowest BCUT2D eigenvalue weighted by molar-refractivity contribution is -0.126. The molecule has 1 saturated heterocycles.